The van der Waals surface area contributed by atoms with Crippen LogP contribution in [-0.2, 0) is 0 Å². The number of phenols is 1. The molecule has 0 atom stereocenters. The first-order valence-electron chi connectivity index (χ1n) is 3.25. The van der Waals surface area contributed by atoms with Crippen LogP contribution in [0.4, 0.5) is 0 Å². The van der Waals surface area contributed by atoms with Crippen molar-refractivity contribution in [1.29, 1.82) is 0 Å². The zero-order valence-electron chi connectivity index (χ0n) is 6.34. The summed E-state index contributed by atoms with van der Waals surface area (Å²) in [5.74, 6) is -1.43. The average Bonchev–Trinajstić information content (AvgIpc) is 1.97. The van der Waals surface area contributed by atoms with Gasteiger partial charge in [0, 0.05) is 5.02 Å². The normalized spacial score (nSPS) is 9.83. The molecule has 4 heteroatoms. The zero-order valence-corrected chi connectivity index (χ0v) is 7.09. The molecule has 0 aliphatic carbocycles. The molecule has 1 aromatic rings. The van der Waals surface area contributed by atoms with E-state index in [9.17, 15) is 4.79 Å². The second-order valence-corrected chi connectivity index (χ2v) is 2.78. The Morgan fingerprint density at radius 3 is 2.50 bits per heavy atom. The van der Waals surface area contributed by atoms with Crippen molar-refractivity contribution in [3.63, 3.8) is 0 Å². The Hall–Kier alpha value is -1.22. The second-order valence-electron chi connectivity index (χ2n) is 2.37. The van der Waals surface area contributed by atoms with Crippen molar-refractivity contribution in [3.8, 4) is 5.75 Å². The van der Waals surface area contributed by atoms with Gasteiger partial charge < -0.3 is 10.2 Å². The highest BCUT2D eigenvalue weighted by atomic mass is 35.5. The Labute approximate surface area is 74.2 Å². The fourth-order valence-corrected chi connectivity index (χ4v) is 1.10. The minimum Gasteiger partial charge on any atom is -0.507 e. The lowest BCUT2D eigenvalue weighted by Gasteiger charge is -2.04. The van der Waals surface area contributed by atoms with E-state index in [4.69, 9.17) is 21.8 Å². The summed E-state index contributed by atoms with van der Waals surface area (Å²) in [5.41, 5.74) is 0.242. The largest absolute Gasteiger partial charge is 0.507 e. The van der Waals surface area contributed by atoms with Crippen LogP contribution in [0.15, 0.2) is 12.1 Å². The predicted molar refractivity (Wildman–Crippen MR) is 44.8 cm³/mol. The lowest BCUT2D eigenvalue weighted by molar-refractivity contribution is 0.0693. The van der Waals surface area contributed by atoms with Crippen LogP contribution < -0.4 is 0 Å². The third-order valence-electron chi connectivity index (χ3n) is 1.59. The van der Waals surface area contributed by atoms with Gasteiger partial charge in [-0.3, -0.25) is 0 Å². The van der Waals surface area contributed by atoms with Gasteiger partial charge in [-0.25, -0.2) is 4.79 Å². The maximum absolute atomic E-state index is 10.6. The quantitative estimate of drug-likeness (QED) is 0.706. The number of benzene rings is 1. The van der Waals surface area contributed by atoms with Crippen LogP contribution in [-0.4, -0.2) is 16.2 Å². The second kappa shape index (κ2) is 3.03. The molecular weight excluding hydrogens is 180 g/mol. The molecule has 3 nitrogen and oxygen atoms in total. The van der Waals surface area contributed by atoms with Crippen molar-refractivity contribution in [2.45, 2.75) is 6.92 Å². The van der Waals surface area contributed by atoms with Crippen molar-refractivity contribution in [1.82, 2.24) is 0 Å². The van der Waals surface area contributed by atoms with E-state index in [-0.39, 0.29) is 11.3 Å². The standard InChI is InChI=1S/C8H7ClO3/c1-4-5(9)2-3-6(10)7(4)8(11)12/h2-3,10H,1H3,(H,11,12). The third-order valence-corrected chi connectivity index (χ3v) is 2.00. The highest BCUT2D eigenvalue weighted by Gasteiger charge is 2.14. The van der Waals surface area contributed by atoms with Crippen LogP contribution in [0.3, 0.4) is 0 Å². The highest BCUT2D eigenvalue weighted by molar-refractivity contribution is 6.31. The van der Waals surface area contributed by atoms with Crippen LogP contribution in [0.2, 0.25) is 5.02 Å². The number of carboxylic acid groups (broad SMARTS) is 1. The monoisotopic (exact) mass is 186 g/mol. The molecule has 0 bridgehead atoms. The first-order chi connectivity index (χ1) is 5.54. The van der Waals surface area contributed by atoms with E-state index in [1.54, 1.807) is 6.92 Å². The Morgan fingerprint density at radius 2 is 2.08 bits per heavy atom. The highest BCUT2D eigenvalue weighted by Crippen LogP contribution is 2.26. The van der Waals surface area contributed by atoms with Crippen molar-refractivity contribution in [2.75, 3.05) is 0 Å². The summed E-state index contributed by atoms with van der Waals surface area (Å²) < 4.78 is 0. The number of hydrogen-bond donors (Lipinski definition) is 2. The van der Waals surface area contributed by atoms with Gasteiger partial charge in [0.15, 0.2) is 0 Å². The molecular formula is C8H7ClO3. The van der Waals surface area contributed by atoms with Gasteiger partial charge >= 0.3 is 5.97 Å². The van der Waals surface area contributed by atoms with E-state index in [2.05, 4.69) is 0 Å². The van der Waals surface area contributed by atoms with Crippen LogP contribution in [0, 0.1) is 6.92 Å². The first-order valence-corrected chi connectivity index (χ1v) is 3.63. The van der Waals surface area contributed by atoms with E-state index in [0.717, 1.165) is 0 Å². The molecule has 12 heavy (non-hydrogen) atoms. The van der Waals surface area contributed by atoms with E-state index >= 15 is 0 Å². The van der Waals surface area contributed by atoms with Crippen LogP contribution in [0.1, 0.15) is 15.9 Å². The molecule has 0 spiro atoms. The third kappa shape index (κ3) is 1.36. The summed E-state index contributed by atoms with van der Waals surface area (Å²) in [6.07, 6.45) is 0. The lowest BCUT2D eigenvalue weighted by Crippen LogP contribution is -2.00. The smallest absolute Gasteiger partial charge is 0.339 e. The van der Waals surface area contributed by atoms with Gasteiger partial charge in [0.05, 0.1) is 0 Å². The van der Waals surface area contributed by atoms with Crippen molar-refractivity contribution < 1.29 is 15.0 Å². The van der Waals surface area contributed by atoms with Crippen LogP contribution in [0.5, 0.6) is 5.75 Å². The summed E-state index contributed by atoms with van der Waals surface area (Å²) in [6, 6.07) is 2.72. The lowest BCUT2D eigenvalue weighted by atomic mass is 10.1. The Kier molecular flexibility index (Phi) is 2.24. The average molecular weight is 187 g/mol. The molecule has 0 radical (unpaired) electrons. The van der Waals surface area contributed by atoms with Crippen molar-refractivity contribution in [2.24, 2.45) is 0 Å². The molecule has 2 N–H and O–H groups in total. The number of carbonyl (C=O) groups is 1. The summed E-state index contributed by atoms with van der Waals surface area (Å²) in [4.78, 5) is 10.6. The van der Waals surface area contributed by atoms with Crippen LogP contribution in [0.25, 0.3) is 0 Å². The van der Waals surface area contributed by atoms with Gasteiger partial charge in [-0.2, -0.15) is 0 Å². The molecule has 0 saturated heterocycles. The maximum Gasteiger partial charge on any atom is 0.339 e. The minimum atomic E-state index is -1.17. The molecule has 64 valence electrons. The number of aromatic carboxylic acids is 1. The molecule has 0 aliphatic rings. The van der Waals surface area contributed by atoms with Gasteiger partial charge in [-0.15, -0.1) is 0 Å². The van der Waals surface area contributed by atoms with Gasteiger partial charge in [0.2, 0.25) is 0 Å². The number of aromatic hydroxyl groups is 1. The number of halogens is 1. The van der Waals surface area contributed by atoms with E-state index in [0.29, 0.717) is 10.6 Å². The fraction of sp³-hybridized carbons (Fsp3) is 0.125. The summed E-state index contributed by atoms with van der Waals surface area (Å²) >= 11 is 5.66. The molecule has 0 aromatic heterocycles. The molecule has 0 amide bonds. The topological polar surface area (TPSA) is 57.5 Å². The molecule has 0 fully saturated rings. The molecule has 0 heterocycles. The van der Waals surface area contributed by atoms with Gasteiger partial charge in [0.25, 0.3) is 0 Å². The Balaban J connectivity index is 3.43. The summed E-state index contributed by atoms with van der Waals surface area (Å²) in [6.45, 7) is 1.55. The predicted octanol–water partition coefficient (Wildman–Crippen LogP) is 2.05. The zero-order chi connectivity index (χ0) is 9.30. The van der Waals surface area contributed by atoms with Gasteiger partial charge in [0.1, 0.15) is 11.3 Å². The maximum atomic E-state index is 10.6. The number of carboxylic acids is 1. The molecule has 0 aliphatic heterocycles. The summed E-state index contributed by atoms with van der Waals surface area (Å²) in [7, 11) is 0. The molecule has 1 rings (SSSR count). The number of rotatable bonds is 1. The molecule has 0 unspecified atom stereocenters. The van der Waals surface area contributed by atoms with E-state index in [1.165, 1.54) is 12.1 Å². The molecule has 0 saturated carbocycles. The van der Waals surface area contributed by atoms with Crippen molar-refractivity contribution >= 4 is 17.6 Å². The van der Waals surface area contributed by atoms with Crippen LogP contribution >= 0.6 is 11.6 Å². The number of hydrogen-bond acceptors (Lipinski definition) is 2. The first kappa shape index (κ1) is 8.87. The Bertz CT molecular complexity index is 333. The Morgan fingerprint density at radius 1 is 1.50 bits per heavy atom. The van der Waals surface area contributed by atoms with E-state index < -0.39 is 5.97 Å². The van der Waals surface area contributed by atoms with Gasteiger partial charge in [-0.1, -0.05) is 11.6 Å². The fourth-order valence-electron chi connectivity index (χ4n) is 0.942. The van der Waals surface area contributed by atoms with E-state index in [1.807, 2.05) is 0 Å². The summed E-state index contributed by atoms with van der Waals surface area (Å²) in [5, 5.41) is 18.1. The van der Waals surface area contributed by atoms with Gasteiger partial charge in [-0.05, 0) is 24.6 Å². The molecule has 1 aromatic carbocycles. The van der Waals surface area contributed by atoms with Crippen molar-refractivity contribution in [3.05, 3.63) is 28.3 Å². The minimum absolute atomic E-state index is 0.137. The SMILES string of the molecule is Cc1c(Cl)ccc(O)c1C(=O)O.